The molecule has 20 heavy (non-hydrogen) atoms. The fourth-order valence-electron chi connectivity index (χ4n) is 1.35. The number of carbonyl (C=O) groups excluding carboxylic acids is 1. The Balaban J connectivity index is 2.45. The summed E-state index contributed by atoms with van der Waals surface area (Å²) in [6.45, 7) is 0. The van der Waals surface area contributed by atoms with E-state index in [0.29, 0.717) is 0 Å². The van der Waals surface area contributed by atoms with Crippen LogP contribution in [0.5, 0.6) is 0 Å². The first-order chi connectivity index (χ1) is 9.31. The number of halogens is 4. The van der Waals surface area contributed by atoms with E-state index >= 15 is 0 Å². The minimum Gasteiger partial charge on any atom is -0.354 e. The average Bonchev–Trinajstić information content (AvgIpc) is 2.85. The summed E-state index contributed by atoms with van der Waals surface area (Å²) in [4.78, 5) is 17.7. The summed E-state index contributed by atoms with van der Waals surface area (Å²) >= 11 is 5.53. The molecule has 2 heterocycles. The minimum atomic E-state index is -4.73. The minimum absolute atomic E-state index is 0.0378. The molecule has 2 aromatic heterocycles. The number of carbonyl (C=O) groups is 1. The van der Waals surface area contributed by atoms with Crippen LogP contribution in [0.1, 0.15) is 16.3 Å². The van der Waals surface area contributed by atoms with Crippen LogP contribution >= 0.6 is 11.6 Å². The van der Waals surface area contributed by atoms with Crippen molar-refractivity contribution in [1.29, 1.82) is 0 Å². The van der Waals surface area contributed by atoms with Gasteiger partial charge in [-0.2, -0.15) is 18.3 Å². The van der Waals surface area contributed by atoms with Crippen molar-refractivity contribution >= 4 is 17.5 Å². The lowest BCUT2D eigenvalue weighted by Crippen LogP contribution is -2.19. The van der Waals surface area contributed by atoms with Gasteiger partial charge in [-0.3, -0.25) is 4.79 Å². The van der Waals surface area contributed by atoms with Crippen LogP contribution in [0.3, 0.4) is 0 Å². The second kappa shape index (κ2) is 5.08. The molecule has 0 aliphatic carbocycles. The highest BCUT2D eigenvalue weighted by molar-refractivity contribution is 6.29. The number of rotatable bonds is 2. The lowest BCUT2D eigenvalue weighted by Gasteiger charge is -2.07. The summed E-state index contributed by atoms with van der Waals surface area (Å²) in [5.41, 5.74) is 0.0378. The molecule has 0 bridgehead atoms. The van der Waals surface area contributed by atoms with E-state index in [9.17, 15) is 18.0 Å². The standard InChI is InChI=1S/C10H7ClF3N5O/c1-15-8(20)5-2-3-19(18-5)7-4-6(11)16-9(17-7)10(12,13)14/h2-4H,1H3,(H,15,20). The van der Waals surface area contributed by atoms with Gasteiger partial charge in [-0.05, 0) is 6.07 Å². The van der Waals surface area contributed by atoms with E-state index in [0.717, 1.165) is 10.7 Å². The number of aromatic nitrogens is 4. The molecule has 0 radical (unpaired) electrons. The summed E-state index contributed by atoms with van der Waals surface area (Å²) in [7, 11) is 1.41. The van der Waals surface area contributed by atoms with Crippen LogP contribution in [-0.4, -0.2) is 32.7 Å². The molecule has 106 valence electrons. The van der Waals surface area contributed by atoms with Gasteiger partial charge >= 0.3 is 6.18 Å². The maximum Gasteiger partial charge on any atom is 0.451 e. The Hall–Kier alpha value is -2.16. The van der Waals surface area contributed by atoms with Gasteiger partial charge < -0.3 is 5.32 Å². The van der Waals surface area contributed by atoms with Gasteiger partial charge in [0.2, 0.25) is 5.82 Å². The van der Waals surface area contributed by atoms with Crippen molar-refractivity contribution in [3.05, 3.63) is 35.0 Å². The molecule has 0 aliphatic rings. The van der Waals surface area contributed by atoms with Crippen LogP contribution in [0.2, 0.25) is 5.15 Å². The Kier molecular flexibility index (Phi) is 3.62. The monoisotopic (exact) mass is 305 g/mol. The van der Waals surface area contributed by atoms with Gasteiger partial charge in [0.1, 0.15) is 5.15 Å². The van der Waals surface area contributed by atoms with Gasteiger partial charge in [-0.25, -0.2) is 14.6 Å². The second-order valence-corrected chi connectivity index (χ2v) is 3.98. The molecule has 0 aliphatic heterocycles. The van der Waals surface area contributed by atoms with Gasteiger partial charge in [0.15, 0.2) is 11.5 Å². The first-order valence-electron chi connectivity index (χ1n) is 5.21. The molecule has 0 fully saturated rings. The Morgan fingerprint density at radius 1 is 1.40 bits per heavy atom. The Morgan fingerprint density at radius 3 is 2.70 bits per heavy atom. The van der Waals surface area contributed by atoms with Crippen LogP contribution in [0, 0.1) is 0 Å². The molecule has 0 spiro atoms. The highest BCUT2D eigenvalue weighted by atomic mass is 35.5. The van der Waals surface area contributed by atoms with E-state index in [-0.39, 0.29) is 16.7 Å². The molecular weight excluding hydrogens is 299 g/mol. The van der Waals surface area contributed by atoms with Crippen LogP contribution in [-0.2, 0) is 6.18 Å². The largest absolute Gasteiger partial charge is 0.451 e. The molecular formula is C10H7ClF3N5O. The predicted molar refractivity (Wildman–Crippen MR) is 62.6 cm³/mol. The molecule has 2 rings (SSSR count). The van der Waals surface area contributed by atoms with Crippen LogP contribution < -0.4 is 5.32 Å². The third-order valence-corrected chi connectivity index (χ3v) is 2.41. The van der Waals surface area contributed by atoms with Crippen molar-refractivity contribution in [3.63, 3.8) is 0 Å². The van der Waals surface area contributed by atoms with E-state index in [1.54, 1.807) is 0 Å². The zero-order valence-electron chi connectivity index (χ0n) is 9.94. The van der Waals surface area contributed by atoms with E-state index in [1.165, 1.54) is 19.3 Å². The Bertz CT molecular complexity index is 655. The summed E-state index contributed by atoms with van der Waals surface area (Å²) in [6, 6.07) is 2.44. The average molecular weight is 306 g/mol. The van der Waals surface area contributed by atoms with Gasteiger partial charge in [-0.15, -0.1) is 0 Å². The third-order valence-electron chi connectivity index (χ3n) is 2.22. The highest BCUT2D eigenvalue weighted by Gasteiger charge is 2.35. The lowest BCUT2D eigenvalue weighted by atomic mass is 10.4. The zero-order valence-corrected chi connectivity index (χ0v) is 10.7. The fraction of sp³-hybridized carbons (Fsp3) is 0.200. The molecule has 6 nitrogen and oxygen atoms in total. The SMILES string of the molecule is CNC(=O)c1ccn(-c2cc(Cl)nc(C(F)(F)F)n2)n1. The molecule has 0 saturated carbocycles. The van der Waals surface area contributed by atoms with E-state index in [2.05, 4.69) is 20.4 Å². The van der Waals surface area contributed by atoms with Crippen LogP contribution in [0.15, 0.2) is 18.3 Å². The molecule has 0 unspecified atom stereocenters. The summed E-state index contributed by atoms with van der Waals surface area (Å²) in [5, 5.41) is 5.77. The number of hydrogen-bond acceptors (Lipinski definition) is 4. The Labute approximate surface area is 115 Å². The van der Waals surface area contributed by atoms with Crippen molar-refractivity contribution in [2.24, 2.45) is 0 Å². The van der Waals surface area contributed by atoms with Gasteiger partial charge in [0.05, 0.1) is 0 Å². The number of nitrogens with zero attached hydrogens (tertiary/aromatic N) is 4. The number of nitrogens with one attached hydrogen (secondary N) is 1. The van der Waals surface area contributed by atoms with E-state index < -0.39 is 17.9 Å². The van der Waals surface area contributed by atoms with Crippen LogP contribution in [0.4, 0.5) is 13.2 Å². The molecule has 0 atom stereocenters. The van der Waals surface area contributed by atoms with E-state index in [4.69, 9.17) is 11.6 Å². The summed E-state index contributed by atoms with van der Waals surface area (Å²) in [6.07, 6.45) is -3.43. The van der Waals surface area contributed by atoms with Crippen molar-refractivity contribution < 1.29 is 18.0 Å². The Morgan fingerprint density at radius 2 is 2.10 bits per heavy atom. The predicted octanol–water partition coefficient (Wildman–Crippen LogP) is 1.69. The molecule has 10 heteroatoms. The quantitative estimate of drug-likeness (QED) is 0.857. The maximum atomic E-state index is 12.6. The molecule has 1 N–H and O–H groups in total. The number of hydrogen-bond donors (Lipinski definition) is 1. The number of amides is 1. The van der Waals surface area contributed by atoms with Crippen molar-refractivity contribution in [3.8, 4) is 5.82 Å². The highest BCUT2D eigenvalue weighted by Crippen LogP contribution is 2.27. The third kappa shape index (κ3) is 2.87. The second-order valence-electron chi connectivity index (χ2n) is 3.59. The lowest BCUT2D eigenvalue weighted by molar-refractivity contribution is -0.145. The summed E-state index contributed by atoms with van der Waals surface area (Å²) < 4.78 is 38.7. The van der Waals surface area contributed by atoms with Crippen molar-refractivity contribution in [2.45, 2.75) is 6.18 Å². The van der Waals surface area contributed by atoms with Gasteiger partial charge in [0, 0.05) is 19.3 Å². The summed E-state index contributed by atoms with van der Waals surface area (Å²) in [5.74, 6) is -2.04. The number of alkyl halides is 3. The van der Waals surface area contributed by atoms with Gasteiger partial charge in [-0.1, -0.05) is 11.6 Å². The smallest absolute Gasteiger partial charge is 0.354 e. The van der Waals surface area contributed by atoms with Crippen molar-refractivity contribution in [1.82, 2.24) is 25.1 Å². The van der Waals surface area contributed by atoms with Crippen LogP contribution in [0.25, 0.3) is 5.82 Å². The normalized spacial score (nSPS) is 11.4. The fourth-order valence-corrected chi connectivity index (χ4v) is 1.53. The first kappa shape index (κ1) is 14.3. The van der Waals surface area contributed by atoms with Gasteiger partial charge in [0.25, 0.3) is 5.91 Å². The molecule has 0 saturated heterocycles. The molecule has 2 aromatic rings. The maximum absolute atomic E-state index is 12.6. The molecule has 1 amide bonds. The zero-order chi connectivity index (χ0) is 14.9. The first-order valence-corrected chi connectivity index (χ1v) is 5.59. The molecule has 0 aromatic carbocycles. The van der Waals surface area contributed by atoms with Crippen molar-refractivity contribution in [2.75, 3.05) is 7.05 Å². The topological polar surface area (TPSA) is 72.7 Å². The van der Waals surface area contributed by atoms with E-state index in [1.807, 2.05) is 0 Å².